The van der Waals surface area contributed by atoms with E-state index in [1.807, 2.05) is 0 Å². The third kappa shape index (κ3) is 4.45. The monoisotopic (exact) mass is 489 g/mol. The Balaban J connectivity index is 1.55. The minimum atomic E-state index is -3.04. The Morgan fingerprint density at radius 2 is 2.00 bits per heavy atom. The van der Waals surface area contributed by atoms with Gasteiger partial charge in [-0.3, -0.25) is 19.8 Å². The highest BCUT2D eigenvalue weighted by atomic mass is 19.3. The lowest BCUT2D eigenvalue weighted by atomic mass is 9.91. The van der Waals surface area contributed by atoms with Gasteiger partial charge in [-0.15, -0.1) is 0 Å². The molecule has 1 aromatic heterocycles. The van der Waals surface area contributed by atoms with Crippen molar-refractivity contribution >= 4 is 17.6 Å². The van der Waals surface area contributed by atoms with E-state index in [1.54, 1.807) is 0 Å². The molecule has 2 aromatic carbocycles. The zero-order valence-corrected chi connectivity index (χ0v) is 18.2. The molecule has 1 aliphatic heterocycles. The van der Waals surface area contributed by atoms with Gasteiger partial charge in [-0.25, -0.2) is 4.79 Å². The first-order chi connectivity index (χ1) is 16.6. The number of hydrogen-bond donors (Lipinski definition) is 1. The molecule has 0 radical (unpaired) electrons. The predicted octanol–water partition coefficient (Wildman–Crippen LogP) is 3.22. The second-order valence-corrected chi connectivity index (χ2v) is 7.51. The molecule has 182 valence electrons. The number of imide groups is 1. The van der Waals surface area contributed by atoms with Crippen molar-refractivity contribution in [1.82, 2.24) is 20.4 Å². The highest BCUT2D eigenvalue weighted by Crippen LogP contribution is 2.34. The zero-order chi connectivity index (χ0) is 25.3. The van der Waals surface area contributed by atoms with Crippen molar-refractivity contribution < 1.29 is 37.3 Å². The van der Waals surface area contributed by atoms with Gasteiger partial charge < -0.3 is 19.3 Å². The van der Waals surface area contributed by atoms with Crippen molar-refractivity contribution in [2.75, 3.05) is 7.11 Å². The largest absolute Gasteiger partial charge is 0.493 e. The van der Waals surface area contributed by atoms with Gasteiger partial charge >= 0.3 is 12.6 Å². The number of nitrogens with one attached hydrogen (secondary N) is 1. The molecular weight excluding hydrogens is 472 g/mol. The second kappa shape index (κ2) is 8.96. The number of amides is 3. The first-order valence-electron chi connectivity index (χ1n) is 9.97. The van der Waals surface area contributed by atoms with Gasteiger partial charge in [0.05, 0.1) is 12.0 Å². The van der Waals surface area contributed by atoms with E-state index in [-0.39, 0.29) is 41.0 Å². The average molecular weight is 489 g/mol. The van der Waals surface area contributed by atoms with Crippen LogP contribution in [0.1, 0.15) is 18.4 Å². The SMILES string of the molecule is COc1cc(-c2noc(CN3C(=O)NC(C)(c4cccc([N+](=O)[O-])c4)C3=O)n2)ccc1OC(F)F. The van der Waals surface area contributed by atoms with Crippen LogP contribution in [0.25, 0.3) is 11.4 Å². The summed E-state index contributed by atoms with van der Waals surface area (Å²) in [4.78, 5) is 41.1. The number of benzene rings is 2. The van der Waals surface area contributed by atoms with Crippen molar-refractivity contribution in [3.8, 4) is 22.9 Å². The van der Waals surface area contributed by atoms with Crippen LogP contribution in [0, 0.1) is 10.1 Å². The Kier molecular flexibility index (Phi) is 6.03. The van der Waals surface area contributed by atoms with Crippen LogP contribution in [0.2, 0.25) is 0 Å². The van der Waals surface area contributed by atoms with Gasteiger partial charge in [-0.2, -0.15) is 13.8 Å². The first-order valence-corrected chi connectivity index (χ1v) is 9.97. The van der Waals surface area contributed by atoms with Crippen molar-refractivity contribution in [1.29, 1.82) is 0 Å². The zero-order valence-electron chi connectivity index (χ0n) is 18.2. The number of urea groups is 1. The van der Waals surface area contributed by atoms with Gasteiger partial charge in [0.1, 0.15) is 12.1 Å². The van der Waals surface area contributed by atoms with Crippen LogP contribution < -0.4 is 14.8 Å². The highest BCUT2D eigenvalue weighted by molar-refractivity contribution is 6.07. The summed E-state index contributed by atoms with van der Waals surface area (Å²) in [6, 6.07) is 8.65. The maximum absolute atomic E-state index is 13.1. The highest BCUT2D eigenvalue weighted by Gasteiger charge is 2.49. The molecule has 1 aliphatic rings. The van der Waals surface area contributed by atoms with Crippen LogP contribution in [0.5, 0.6) is 11.5 Å². The van der Waals surface area contributed by atoms with Crippen molar-refractivity contribution in [3.63, 3.8) is 0 Å². The first kappa shape index (κ1) is 23.5. The van der Waals surface area contributed by atoms with Gasteiger partial charge in [0.2, 0.25) is 11.7 Å². The quantitative estimate of drug-likeness (QED) is 0.286. The Morgan fingerprint density at radius 1 is 1.23 bits per heavy atom. The van der Waals surface area contributed by atoms with Crippen LogP contribution in [0.15, 0.2) is 47.0 Å². The Morgan fingerprint density at radius 3 is 2.69 bits per heavy atom. The number of carbonyl (C=O) groups excluding carboxylic acids is 2. The Labute approximate surface area is 195 Å². The summed E-state index contributed by atoms with van der Waals surface area (Å²) < 4.78 is 39.6. The molecule has 0 spiro atoms. The second-order valence-electron chi connectivity index (χ2n) is 7.51. The van der Waals surface area contributed by atoms with E-state index in [9.17, 15) is 28.5 Å². The molecule has 2 heterocycles. The summed E-state index contributed by atoms with van der Waals surface area (Å²) in [6.45, 7) is -1.98. The van der Waals surface area contributed by atoms with Crippen LogP contribution in [-0.2, 0) is 16.9 Å². The minimum absolute atomic E-state index is 0.0102. The topological polar surface area (TPSA) is 150 Å². The van der Waals surface area contributed by atoms with Crippen molar-refractivity contribution in [2.45, 2.75) is 25.6 Å². The molecule has 1 saturated heterocycles. The summed E-state index contributed by atoms with van der Waals surface area (Å²) in [5.41, 5.74) is -1.19. The number of nitro groups is 1. The Bertz CT molecular complexity index is 1310. The van der Waals surface area contributed by atoms with E-state index >= 15 is 0 Å². The maximum Gasteiger partial charge on any atom is 0.387 e. The fourth-order valence-corrected chi connectivity index (χ4v) is 3.54. The van der Waals surface area contributed by atoms with E-state index in [2.05, 4.69) is 20.2 Å². The molecule has 1 unspecified atom stereocenters. The summed E-state index contributed by atoms with van der Waals surface area (Å²) >= 11 is 0. The van der Waals surface area contributed by atoms with Crippen molar-refractivity contribution in [3.05, 3.63) is 64.0 Å². The number of rotatable bonds is 8. The lowest BCUT2D eigenvalue weighted by Gasteiger charge is -2.21. The summed E-state index contributed by atoms with van der Waals surface area (Å²) in [5.74, 6) is -0.877. The number of carbonyl (C=O) groups is 2. The van der Waals surface area contributed by atoms with Gasteiger partial charge in [-0.1, -0.05) is 17.3 Å². The molecule has 4 rings (SSSR count). The van der Waals surface area contributed by atoms with Gasteiger partial charge in [0.25, 0.3) is 11.6 Å². The molecule has 14 heteroatoms. The molecule has 3 amide bonds. The fourth-order valence-electron chi connectivity index (χ4n) is 3.54. The molecule has 1 atom stereocenters. The molecule has 1 fully saturated rings. The number of nitro benzene ring substituents is 1. The number of methoxy groups -OCH3 is 1. The molecular formula is C21H17F2N5O7. The minimum Gasteiger partial charge on any atom is -0.493 e. The molecule has 1 N–H and O–H groups in total. The summed E-state index contributed by atoms with van der Waals surface area (Å²) in [5, 5.41) is 17.4. The van der Waals surface area contributed by atoms with E-state index in [0.29, 0.717) is 5.56 Å². The number of alkyl halides is 2. The fraction of sp³-hybridized carbons (Fsp3) is 0.238. The normalized spacial score (nSPS) is 17.6. The molecule has 0 bridgehead atoms. The third-order valence-electron chi connectivity index (χ3n) is 5.31. The van der Waals surface area contributed by atoms with E-state index in [4.69, 9.17) is 9.26 Å². The van der Waals surface area contributed by atoms with Gasteiger partial charge in [0, 0.05) is 17.7 Å². The lowest BCUT2D eigenvalue weighted by Crippen LogP contribution is -2.40. The summed E-state index contributed by atoms with van der Waals surface area (Å²) in [7, 11) is 1.27. The maximum atomic E-state index is 13.1. The average Bonchev–Trinajstić information content (AvgIpc) is 3.38. The third-order valence-corrected chi connectivity index (χ3v) is 5.31. The lowest BCUT2D eigenvalue weighted by molar-refractivity contribution is -0.385. The van der Waals surface area contributed by atoms with E-state index in [1.165, 1.54) is 56.5 Å². The van der Waals surface area contributed by atoms with Crippen LogP contribution >= 0.6 is 0 Å². The van der Waals surface area contributed by atoms with Crippen LogP contribution in [0.4, 0.5) is 19.3 Å². The standard InChI is InChI=1S/C21H17F2N5O7/c1-21(12-4-3-5-13(9-12)28(31)32)18(29)27(20(30)25-21)10-16-24-17(26-35-16)11-6-7-14(34-19(22)23)15(8-11)33-2/h3-9,19H,10H2,1-2H3,(H,25,30). The Hall–Kier alpha value is -4.62. The number of hydrogen-bond acceptors (Lipinski definition) is 9. The van der Waals surface area contributed by atoms with Gasteiger partial charge in [-0.05, 0) is 30.7 Å². The number of halogens is 2. The van der Waals surface area contributed by atoms with E-state index < -0.39 is 29.0 Å². The molecule has 35 heavy (non-hydrogen) atoms. The number of ether oxygens (including phenoxy) is 2. The van der Waals surface area contributed by atoms with Crippen LogP contribution in [-0.4, -0.2) is 45.6 Å². The van der Waals surface area contributed by atoms with Crippen molar-refractivity contribution in [2.24, 2.45) is 0 Å². The van der Waals surface area contributed by atoms with Crippen LogP contribution in [0.3, 0.4) is 0 Å². The van der Waals surface area contributed by atoms with E-state index in [0.717, 1.165) is 4.90 Å². The molecule has 3 aromatic rings. The summed E-state index contributed by atoms with van der Waals surface area (Å²) in [6.07, 6.45) is 0. The van der Waals surface area contributed by atoms with Gasteiger partial charge in [0.15, 0.2) is 11.5 Å². The predicted molar refractivity (Wildman–Crippen MR) is 112 cm³/mol. The molecule has 0 aliphatic carbocycles. The molecule has 0 saturated carbocycles. The number of nitrogens with zero attached hydrogens (tertiary/aromatic N) is 4. The number of aromatic nitrogens is 2. The number of non-ortho nitro benzene ring substituents is 1. The smallest absolute Gasteiger partial charge is 0.387 e. The molecule has 12 nitrogen and oxygen atoms in total.